The van der Waals surface area contributed by atoms with E-state index in [1.165, 1.54) is 46.7 Å². The van der Waals surface area contributed by atoms with Crippen molar-refractivity contribution in [3.63, 3.8) is 0 Å². The van der Waals surface area contributed by atoms with E-state index >= 15 is 0 Å². The van der Waals surface area contributed by atoms with Crippen molar-refractivity contribution in [2.45, 2.75) is 36.8 Å². The molecule has 118 valence electrons. The summed E-state index contributed by atoms with van der Waals surface area (Å²) in [5.74, 6) is 0. The summed E-state index contributed by atoms with van der Waals surface area (Å²) in [5, 5.41) is 5.85. The Morgan fingerprint density at radius 1 is 0.818 bits per heavy atom. The Morgan fingerprint density at radius 2 is 1.36 bits per heavy atom. The second-order valence-corrected chi connectivity index (χ2v) is 14.9. The number of hydrogen-bond donors (Lipinski definition) is 0. The Balaban J connectivity index is 2.09. The van der Waals surface area contributed by atoms with Crippen molar-refractivity contribution in [2.24, 2.45) is 0 Å². The van der Waals surface area contributed by atoms with Gasteiger partial charge in [0.1, 0.15) is 0 Å². The third-order valence-electron chi connectivity index (χ3n) is 3.79. The maximum absolute atomic E-state index is 3.65. The van der Waals surface area contributed by atoms with Gasteiger partial charge < -0.3 is 0 Å². The molecule has 0 unspecified atom stereocenters. The van der Waals surface area contributed by atoms with Crippen molar-refractivity contribution < 1.29 is 0 Å². The minimum atomic E-state index is -1.34. The number of rotatable bonds is 9. The van der Waals surface area contributed by atoms with Crippen LogP contribution in [0.5, 0.6) is 0 Å². The zero-order valence-corrected chi connectivity index (χ0v) is 17.6. The van der Waals surface area contributed by atoms with Crippen LogP contribution in [0.4, 0.5) is 0 Å². The number of benzene rings is 2. The Morgan fingerprint density at radius 3 is 1.86 bits per heavy atom. The first-order valence-corrected chi connectivity index (χ1v) is 14.7. The van der Waals surface area contributed by atoms with Gasteiger partial charge in [0.2, 0.25) is 0 Å². The quantitative estimate of drug-likeness (QED) is 0.306. The molecule has 22 heavy (non-hydrogen) atoms. The van der Waals surface area contributed by atoms with E-state index in [1.54, 1.807) is 0 Å². The van der Waals surface area contributed by atoms with E-state index in [1.807, 2.05) is 0 Å². The van der Waals surface area contributed by atoms with Crippen molar-refractivity contribution in [3.8, 4) is 0 Å². The summed E-state index contributed by atoms with van der Waals surface area (Å²) < 4.78 is 0. The van der Waals surface area contributed by atoms with Gasteiger partial charge in [-0.2, -0.15) is 0 Å². The SMILES string of the molecule is CCCCC[Se]CCP(=[Se])(c1ccccc1)c1ccccc1. The second kappa shape index (κ2) is 9.92. The molecule has 2 aromatic carbocycles. The molecule has 0 radical (unpaired) electrons. The van der Waals surface area contributed by atoms with Gasteiger partial charge >= 0.3 is 150 Å². The van der Waals surface area contributed by atoms with Crippen LogP contribution in [0.3, 0.4) is 0 Å². The fourth-order valence-electron chi connectivity index (χ4n) is 2.49. The first kappa shape index (κ1) is 18.3. The van der Waals surface area contributed by atoms with Gasteiger partial charge in [-0.15, -0.1) is 0 Å². The molecule has 0 saturated heterocycles. The van der Waals surface area contributed by atoms with E-state index in [0.29, 0.717) is 0 Å². The van der Waals surface area contributed by atoms with Crippen LogP contribution >= 0.6 is 5.51 Å². The summed E-state index contributed by atoms with van der Waals surface area (Å²) in [5.41, 5.74) is -1.34. The van der Waals surface area contributed by atoms with Crippen molar-refractivity contribution in [3.05, 3.63) is 60.7 Å². The van der Waals surface area contributed by atoms with Gasteiger partial charge in [0.15, 0.2) is 0 Å². The van der Waals surface area contributed by atoms with Gasteiger partial charge in [-0.3, -0.25) is 0 Å². The molecule has 0 bridgehead atoms. The van der Waals surface area contributed by atoms with Crippen LogP contribution in [0.2, 0.25) is 10.6 Å². The Hall–Kier alpha value is -0.0910. The minimum absolute atomic E-state index is 0.799. The van der Waals surface area contributed by atoms with Gasteiger partial charge in [-0.1, -0.05) is 0 Å². The molecule has 0 amide bonds. The van der Waals surface area contributed by atoms with Gasteiger partial charge in [0, 0.05) is 0 Å². The molecule has 0 spiro atoms. The van der Waals surface area contributed by atoms with Crippen LogP contribution in [0.25, 0.3) is 0 Å². The summed E-state index contributed by atoms with van der Waals surface area (Å²) in [7, 11) is 0. The van der Waals surface area contributed by atoms with E-state index in [2.05, 4.69) is 82.7 Å². The van der Waals surface area contributed by atoms with E-state index in [0.717, 1.165) is 15.0 Å². The maximum atomic E-state index is 3.65. The predicted molar refractivity (Wildman–Crippen MR) is 105 cm³/mol. The fraction of sp³-hybridized carbons (Fsp3) is 0.368. The standard InChI is InChI=1S/C19H25PSe2/c1-2-3-10-16-22-17-15-20(21,18-11-6-4-7-12-18)19-13-8-5-9-14-19/h4-9,11-14H,2-3,10,15-17H2,1H3. The van der Waals surface area contributed by atoms with Gasteiger partial charge in [-0.25, -0.2) is 0 Å². The zero-order valence-electron chi connectivity index (χ0n) is 13.3. The normalized spacial score (nSPS) is 11.5. The summed E-state index contributed by atoms with van der Waals surface area (Å²) in [6.45, 7) is 2.29. The van der Waals surface area contributed by atoms with Crippen molar-refractivity contribution in [1.29, 1.82) is 0 Å². The summed E-state index contributed by atoms with van der Waals surface area (Å²) in [4.78, 5) is 0. The van der Waals surface area contributed by atoms with E-state index < -0.39 is 5.51 Å². The van der Waals surface area contributed by atoms with Crippen LogP contribution in [0, 0.1) is 0 Å². The molecule has 0 heterocycles. The molecule has 2 rings (SSSR count). The molecule has 0 fully saturated rings. The molecule has 3 heteroatoms. The van der Waals surface area contributed by atoms with E-state index in [9.17, 15) is 0 Å². The zero-order chi connectivity index (χ0) is 15.7. The van der Waals surface area contributed by atoms with Crippen LogP contribution in [-0.4, -0.2) is 36.2 Å². The Bertz CT molecular complexity index is 537. The molecule has 0 aliphatic rings. The van der Waals surface area contributed by atoms with Gasteiger partial charge in [0.25, 0.3) is 0 Å². The third-order valence-corrected chi connectivity index (χ3v) is 13.6. The fourth-order valence-corrected chi connectivity index (χ4v) is 12.7. The molecule has 0 saturated carbocycles. The molecule has 0 aliphatic carbocycles. The summed E-state index contributed by atoms with van der Waals surface area (Å²) in [6, 6.07) is 22.2. The molecule has 2 aromatic rings. The molecule has 0 N–H and O–H groups in total. The van der Waals surface area contributed by atoms with Crippen LogP contribution in [-0.2, 0) is 0 Å². The van der Waals surface area contributed by atoms with Crippen LogP contribution in [0.1, 0.15) is 26.2 Å². The molecular formula is C19H25PSe2. The second-order valence-electron chi connectivity index (χ2n) is 5.45. The number of hydrogen-bond acceptors (Lipinski definition) is 0. The molecule has 0 aromatic heterocycles. The first-order chi connectivity index (χ1) is 10.8. The van der Waals surface area contributed by atoms with Crippen molar-refractivity contribution in [1.82, 2.24) is 0 Å². The number of unbranched alkanes of at least 4 members (excludes halogenated alkanes) is 2. The Labute approximate surface area is 149 Å². The topological polar surface area (TPSA) is 0 Å². The molecule has 0 nitrogen and oxygen atoms in total. The van der Waals surface area contributed by atoms with Crippen LogP contribution in [0.15, 0.2) is 60.7 Å². The van der Waals surface area contributed by atoms with E-state index in [-0.39, 0.29) is 0 Å². The monoisotopic (exact) mass is 444 g/mol. The van der Waals surface area contributed by atoms with Crippen molar-refractivity contribution >= 4 is 46.2 Å². The predicted octanol–water partition coefficient (Wildman–Crippen LogP) is 4.47. The average molecular weight is 442 g/mol. The first-order valence-electron chi connectivity index (χ1n) is 8.05. The van der Waals surface area contributed by atoms with Gasteiger partial charge in [0.05, 0.1) is 0 Å². The third kappa shape index (κ3) is 5.23. The molecular weight excluding hydrogens is 417 g/mol. The average Bonchev–Trinajstić information content (AvgIpc) is 2.59. The van der Waals surface area contributed by atoms with Crippen LogP contribution < -0.4 is 10.6 Å². The summed E-state index contributed by atoms with van der Waals surface area (Å²) in [6.07, 6.45) is 5.47. The molecule has 0 aliphatic heterocycles. The van der Waals surface area contributed by atoms with Gasteiger partial charge in [-0.05, 0) is 0 Å². The van der Waals surface area contributed by atoms with Crippen molar-refractivity contribution in [2.75, 3.05) is 6.16 Å². The summed E-state index contributed by atoms with van der Waals surface area (Å²) >= 11 is 4.45. The molecule has 0 atom stereocenters. The van der Waals surface area contributed by atoms with E-state index in [4.69, 9.17) is 0 Å². The Kier molecular flexibility index (Phi) is 8.23.